The van der Waals surface area contributed by atoms with Crippen LogP contribution in [0.15, 0.2) is 200 Å². The van der Waals surface area contributed by atoms with Crippen LogP contribution in [0.4, 0.5) is 0 Å². The molecule has 1 atom stereocenters. The van der Waals surface area contributed by atoms with Crippen molar-refractivity contribution in [3.8, 4) is 16.8 Å². The van der Waals surface area contributed by atoms with Gasteiger partial charge in [0.15, 0.2) is 0 Å². The first-order valence-corrected chi connectivity index (χ1v) is 21.0. The highest BCUT2D eigenvalue weighted by molar-refractivity contribution is 7.26. The van der Waals surface area contributed by atoms with Crippen LogP contribution in [0.3, 0.4) is 0 Å². The number of benzene rings is 9. The standard InChI is InChI=1S/C56H37NS/c1-3-15-37(16-4-1)49(33-36-29-31-52-51(34-36)54-42-22-10-7-17-38(42)30-32-53(54)57(52)40-19-5-2-6-20-40)47-27-13-25-45-46-26-14-28-48(56(46)58-55(45)47)50-35-39-18-8-9-21-41(39)43-23-11-12-24-44(43)50/h1-34,50H,35H2/b49-33-. The van der Waals surface area contributed by atoms with E-state index < -0.39 is 0 Å². The van der Waals surface area contributed by atoms with Crippen molar-refractivity contribution in [3.05, 3.63) is 234 Å². The Morgan fingerprint density at radius 1 is 0.500 bits per heavy atom. The first-order valence-electron chi connectivity index (χ1n) is 20.2. The fourth-order valence-corrected chi connectivity index (χ4v) is 11.2. The van der Waals surface area contributed by atoms with Gasteiger partial charge >= 0.3 is 0 Å². The summed E-state index contributed by atoms with van der Waals surface area (Å²) in [6.07, 6.45) is 3.42. The SMILES string of the molecule is C(=C(\c1ccccc1)c1cccc2c1sc1c(C3Cc4ccccc4-c4ccccc43)cccc12)/c1ccc2c(c1)c1c3ccccc3ccc1n2-c1ccccc1. The molecule has 1 unspecified atom stereocenters. The van der Waals surface area contributed by atoms with Crippen molar-refractivity contribution in [2.24, 2.45) is 0 Å². The fourth-order valence-electron chi connectivity index (χ4n) is 9.80. The number of aromatic nitrogens is 1. The molecule has 11 aromatic rings. The Bertz CT molecular complexity index is 3420. The molecule has 9 aromatic carbocycles. The lowest BCUT2D eigenvalue weighted by Gasteiger charge is -2.28. The van der Waals surface area contributed by atoms with Crippen molar-refractivity contribution in [1.29, 1.82) is 0 Å². The molecular weight excluding hydrogens is 719 g/mol. The molecule has 0 bridgehead atoms. The smallest absolute Gasteiger partial charge is 0.0547 e. The van der Waals surface area contributed by atoms with Crippen LogP contribution in [0, 0.1) is 0 Å². The molecule has 0 aliphatic heterocycles. The summed E-state index contributed by atoms with van der Waals surface area (Å²) in [5.41, 5.74) is 15.5. The Morgan fingerprint density at radius 3 is 2.05 bits per heavy atom. The minimum Gasteiger partial charge on any atom is -0.309 e. The van der Waals surface area contributed by atoms with Crippen LogP contribution in [0.2, 0.25) is 0 Å². The van der Waals surface area contributed by atoms with E-state index in [0.717, 1.165) is 6.42 Å². The highest BCUT2D eigenvalue weighted by atomic mass is 32.1. The highest BCUT2D eigenvalue weighted by Gasteiger charge is 2.28. The lowest BCUT2D eigenvalue weighted by molar-refractivity contribution is 0.801. The molecule has 0 radical (unpaired) electrons. The van der Waals surface area contributed by atoms with Crippen LogP contribution in [0.5, 0.6) is 0 Å². The van der Waals surface area contributed by atoms with Crippen LogP contribution in [0.25, 0.3) is 81.2 Å². The van der Waals surface area contributed by atoms with Gasteiger partial charge in [-0.3, -0.25) is 0 Å². The molecule has 1 aliphatic rings. The maximum Gasteiger partial charge on any atom is 0.0547 e. The molecule has 0 N–H and O–H groups in total. The van der Waals surface area contributed by atoms with Gasteiger partial charge < -0.3 is 4.57 Å². The van der Waals surface area contributed by atoms with Gasteiger partial charge in [0.05, 0.1) is 11.0 Å². The lowest BCUT2D eigenvalue weighted by Crippen LogP contribution is -2.12. The van der Waals surface area contributed by atoms with Crippen LogP contribution in [-0.2, 0) is 6.42 Å². The van der Waals surface area contributed by atoms with Gasteiger partial charge in [0.25, 0.3) is 0 Å². The van der Waals surface area contributed by atoms with E-state index in [1.807, 2.05) is 11.3 Å². The molecule has 272 valence electrons. The maximum absolute atomic E-state index is 2.42. The average Bonchev–Trinajstić information content (AvgIpc) is 3.85. The second kappa shape index (κ2) is 13.3. The van der Waals surface area contributed by atoms with Gasteiger partial charge in [0, 0.05) is 48.1 Å². The van der Waals surface area contributed by atoms with E-state index in [0.29, 0.717) is 0 Å². The summed E-state index contributed by atoms with van der Waals surface area (Å²) in [5.74, 6) is 0.288. The van der Waals surface area contributed by atoms with E-state index >= 15 is 0 Å². The first-order chi connectivity index (χ1) is 28.8. The molecule has 0 saturated carbocycles. The number of hydrogen-bond donors (Lipinski definition) is 0. The number of thiophene rings is 1. The Balaban J connectivity index is 1.07. The quantitative estimate of drug-likeness (QED) is 0.154. The van der Waals surface area contributed by atoms with Gasteiger partial charge in [-0.05, 0) is 98.1 Å². The number of rotatable bonds is 5. The van der Waals surface area contributed by atoms with Crippen LogP contribution >= 0.6 is 11.3 Å². The molecule has 1 nitrogen and oxygen atoms in total. The summed E-state index contributed by atoms with van der Waals surface area (Å²) >= 11 is 1.96. The molecule has 0 saturated heterocycles. The van der Waals surface area contributed by atoms with Crippen LogP contribution < -0.4 is 0 Å². The Hall–Kier alpha value is -7.00. The zero-order valence-corrected chi connectivity index (χ0v) is 32.6. The monoisotopic (exact) mass is 755 g/mol. The largest absolute Gasteiger partial charge is 0.309 e. The summed E-state index contributed by atoms with van der Waals surface area (Å²) in [5, 5.41) is 7.74. The Kier molecular flexibility index (Phi) is 7.61. The van der Waals surface area contributed by atoms with Crippen molar-refractivity contribution < 1.29 is 0 Å². The molecule has 58 heavy (non-hydrogen) atoms. The first kappa shape index (κ1) is 33.2. The molecule has 0 amide bonds. The molecule has 2 aromatic heterocycles. The van der Waals surface area contributed by atoms with Gasteiger partial charge in [-0.25, -0.2) is 0 Å². The fraction of sp³-hybridized carbons (Fsp3) is 0.0357. The summed E-state index contributed by atoms with van der Waals surface area (Å²) in [6.45, 7) is 0. The Labute approximate surface area is 341 Å². The van der Waals surface area contributed by atoms with Gasteiger partial charge in [-0.2, -0.15) is 0 Å². The topological polar surface area (TPSA) is 4.93 Å². The zero-order chi connectivity index (χ0) is 38.2. The highest BCUT2D eigenvalue weighted by Crippen LogP contribution is 2.48. The lowest BCUT2D eigenvalue weighted by atomic mass is 9.75. The molecule has 1 aliphatic carbocycles. The molecule has 12 rings (SSSR count). The van der Waals surface area contributed by atoms with Gasteiger partial charge in [-0.1, -0.05) is 170 Å². The summed E-state index contributed by atoms with van der Waals surface area (Å²) < 4.78 is 5.14. The molecule has 2 heterocycles. The number of hydrogen-bond acceptors (Lipinski definition) is 1. The normalized spacial score (nSPS) is 14.1. The van der Waals surface area contributed by atoms with Gasteiger partial charge in [0.1, 0.15) is 0 Å². The van der Waals surface area contributed by atoms with Crippen LogP contribution in [-0.4, -0.2) is 4.57 Å². The third-order valence-corrected chi connectivity index (χ3v) is 13.7. The number of nitrogens with zero attached hydrogens (tertiary/aromatic N) is 1. The molecule has 0 spiro atoms. The predicted molar refractivity (Wildman–Crippen MR) is 248 cm³/mol. The van der Waals surface area contributed by atoms with Crippen molar-refractivity contribution in [2.45, 2.75) is 12.3 Å². The van der Waals surface area contributed by atoms with E-state index in [1.54, 1.807) is 0 Å². The van der Waals surface area contributed by atoms with E-state index in [4.69, 9.17) is 0 Å². The van der Waals surface area contributed by atoms with E-state index in [2.05, 4.69) is 211 Å². The number of para-hydroxylation sites is 1. The van der Waals surface area contributed by atoms with Gasteiger partial charge in [0.2, 0.25) is 0 Å². The minimum absolute atomic E-state index is 0.288. The third kappa shape index (κ3) is 5.15. The summed E-state index contributed by atoms with van der Waals surface area (Å²) in [7, 11) is 0. The second-order valence-electron chi connectivity index (χ2n) is 15.6. The Morgan fingerprint density at radius 2 is 1.17 bits per heavy atom. The number of fused-ring (bicyclic) bond motifs is 11. The van der Waals surface area contributed by atoms with Crippen molar-refractivity contribution in [2.75, 3.05) is 0 Å². The van der Waals surface area contributed by atoms with Crippen molar-refractivity contribution in [3.63, 3.8) is 0 Å². The third-order valence-electron chi connectivity index (χ3n) is 12.4. The van der Waals surface area contributed by atoms with E-state index in [1.165, 1.54) is 109 Å². The molecular formula is C56H37NS. The second-order valence-corrected chi connectivity index (χ2v) is 16.6. The van der Waals surface area contributed by atoms with Gasteiger partial charge in [-0.15, -0.1) is 11.3 Å². The average molecular weight is 756 g/mol. The minimum atomic E-state index is 0.288. The molecule has 0 fully saturated rings. The van der Waals surface area contributed by atoms with E-state index in [9.17, 15) is 0 Å². The maximum atomic E-state index is 2.42. The zero-order valence-electron chi connectivity index (χ0n) is 31.8. The predicted octanol–water partition coefficient (Wildman–Crippen LogP) is 15.2. The van der Waals surface area contributed by atoms with Crippen LogP contribution in [0.1, 0.15) is 39.3 Å². The summed E-state index contributed by atoms with van der Waals surface area (Å²) in [4.78, 5) is 0. The van der Waals surface area contributed by atoms with E-state index in [-0.39, 0.29) is 5.92 Å². The van der Waals surface area contributed by atoms with Crippen molar-refractivity contribution in [1.82, 2.24) is 4.57 Å². The van der Waals surface area contributed by atoms with Crippen molar-refractivity contribution >= 4 is 75.7 Å². The summed E-state index contributed by atoms with van der Waals surface area (Å²) in [6, 6.07) is 74.0. The molecule has 2 heteroatoms.